The summed E-state index contributed by atoms with van der Waals surface area (Å²) in [7, 11) is 1.45. The Labute approximate surface area is 135 Å². The highest BCUT2D eigenvalue weighted by Crippen LogP contribution is 2.26. The fraction of sp³-hybridized carbons (Fsp3) is 0.158. The van der Waals surface area contributed by atoms with Crippen molar-refractivity contribution in [2.24, 2.45) is 0 Å². The normalized spacial score (nSPS) is 10.7. The quantitative estimate of drug-likeness (QED) is 0.503. The molecule has 0 saturated carbocycles. The molecule has 0 aliphatic heterocycles. The van der Waals surface area contributed by atoms with Crippen LogP contribution in [0.3, 0.4) is 0 Å². The van der Waals surface area contributed by atoms with Gasteiger partial charge >= 0.3 is 0 Å². The lowest BCUT2D eigenvalue weighted by Gasteiger charge is -2.03. The first-order valence-electron chi connectivity index (χ1n) is 7.17. The van der Waals surface area contributed by atoms with Gasteiger partial charge in [0.05, 0.1) is 13.5 Å². The summed E-state index contributed by atoms with van der Waals surface area (Å²) < 4.78 is 5.00. The molecule has 0 aliphatic rings. The molecule has 1 N–H and O–H groups in total. The van der Waals surface area contributed by atoms with Crippen LogP contribution in [0.15, 0.2) is 48.5 Å². The van der Waals surface area contributed by atoms with E-state index in [-0.39, 0.29) is 23.7 Å². The zero-order valence-corrected chi connectivity index (χ0v) is 13.1. The van der Waals surface area contributed by atoms with Gasteiger partial charge in [-0.2, -0.15) is 0 Å². The van der Waals surface area contributed by atoms with Gasteiger partial charge in [-0.15, -0.1) is 0 Å². The van der Waals surface area contributed by atoms with Crippen LogP contribution in [0.5, 0.6) is 11.5 Å². The van der Waals surface area contributed by atoms with Gasteiger partial charge < -0.3 is 9.84 Å². The molecule has 0 radical (unpaired) electrons. The number of Topliss-reactive ketones (excluding diaryl/α,β-unsaturated/α-hetero) is 1. The van der Waals surface area contributed by atoms with E-state index in [0.29, 0.717) is 16.9 Å². The molecule has 2 aromatic carbocycles. The molecule has 0 fully saturated rings. The van der Waals surface area contributed by atoms with Gasteiger partial charge in [-0.05, 0) is 36.8 Å². The molecule has 0 saturated heterocycles. The summed E-state index contributed by atoms with van der Waals surface area (Å²) in [5.74, 6) is -0.115. The highest BCUT2D eigenvalue weighted by molar-refractivity contribution is 6.12. The lowest BCUT2D eigenvalue weighted by atomic mass is 10.0. The van der Waals surface area contributed by atoms with Crippen LogP contribution >= 0.6 is 0 Å². The smallest absolute Gasteiger partial charge is 0.170 e. The van der Waals surface area contributed by atoms with Gasteiger partial charge in [0, 0.05) is 5.56 Å². The number of methoxy groups -OCH3 is 1. The fourth-order valence-electron chi connectivity index (χ4n) is 2.12. The van der Waals surface area contributed by atoms with E-state index in [0.717, 1.165) is 5.56 Å². The molecule has 0 heterocycles. The van der Waals surface area contributed by atoms with E-state index in [9.17, 15) is 14.7 Å². The van der Waals surface area contributed by atoms with E-state index in [1.165, 1.54) is 19.3 Å². The predicted octanol–water partition coefficient (Wildman–Crippen LogP) is 3.56. The molecule has 2 rings (SSSR count). The highest BCUT2D eigenvalue weighted by atomic mass is 16.5. The SMILES string of the molecule is COc1cc(/C=C/C(=O)CC(=O)c2cccc(C)c2)ccc1O. The van der Waals surface area contributed by atoms with Crippen LogP contribution in [0.1, 0.15) is 27.9 Å². The molecule has 0 amide bonds. The Balaban J connectivity index is 2.03. The second kappa shape index (κ2) is 7.40. The summed E-state index contributed by atoms with van der Waals surface area (Å²) >= 11 is 0. The van der Waals surface area contributed by atoms with Crippen molar-refractivity contribution < 1.29 is 19.4 Å². The van der Waals surface area contributed by atoms with Crippen LogP contribution in [0.25, 0.3) is 6.08 Å². The van der Waals surface area contributed by atoms with Crippen LogP contribution in [0, 0.1) is 6.92 Å². The van der Waals surface area contributed by atoms with Crippen molar-refractivity contribution in [1.29, 1.82) is 0 Å². The number of hydrogen-bond donors (Lipinski definition) is 1. The van der Waals surface area contributed by atoms with E-state index in [2.05, 4.69) is 0 Å². The molecular formula is C19H18O4. The minimum Gasteiger partial charge on any atom is -0.504 e. The van der Waals surface area contributed by atoms with Crippen molar-refractivity contribution in [2.45, 2.75) is 13.3 Å². The number of carbonyl (C=O) groups is 2. The Morgan fingerprint density at radius 1 is 1.17 bits per heavy atom. The molecule has 4 heteroatoms. The number of allylic oxidation sites excluding steroid dienone is 1. The first kappa shape index (κ1) is 16.5. The maximum atomic E-state index is 12.1. The third-order valence-corrected chi connectivity index (χ3v) is 3.34. The average molecular weight is 310 g/mol. The highest BCUT2D eigenvalue weighted by Gasteiger charge is 2.10. The Kier molecular flexibility index (Phi) is 5.31. The van der Waals surface area contributed by atoms with Gasteiger partial charge in [-0.25, -0.2) is 0 Å². The third kappa shape index (κ3) is 4.54. The molecule has 4 nitrogen and oxygen atoms in total. The van der Waals surface area contributed by atoms with Crippen LogP contribution in [-0.4, -0.2) is 23.8 Å². The number of ether oxygens (including phenoxy) is 1. The maximum absolute atomic E-state index is 12.1. The Bertz CT molecular complexity index is 760. The zero-order chi connectivity index (χ0) is 16.8. The number of aryl methyl sites for hydroxylation is 1. The molecule has 0 unspecified atom stereocenters. The summed E-state index contributed by atoms with van der Waals surface area (Å²) in [4.78, 5) is 24.0. The van der Waals surface area contributed by atoms with Crippen molar-refractivity contribution in [3.63, 3.8) is 0 Å². The lowest BCUT2D eigenvalue weighted by molar-refractivity contribution is -0.113. The molecule has 2 aromatic rings. The monoisotopic (exact) mass is 310 g/mol. The topological polar surface area (TPSA) is 63.6 Å². The van der Waals surface area contributed by atoms with Crippen LogP contribution in [-0.2, 0) is 4.79 Å². The number of hydrogen-bond acceptors (Lipinski definition) is 4. The second-order valence-corrected chi connectivity index (χ2v) is 5.20. The minimum atomic E-state index is -0.274. The van der Waals surface area contributed by atoms with Gasteiger partial charge in [0.25, 0.3) is 0 Å². The van der Waals surface area contributed by atoms with E-state index in [4.69, 9.17) is 4.74 Å². The summed E-state index contributed by atoms with van der Waals surface area (Å²) in [6.07, 6.45) is 2.78. The maximum Gasteiger partial charge on any atom is 0.170 e. The van der Waals surface area contributed by atoms with Crippen LogP contribution in [0.2, 0.25) is 0 Å². The number of phenols is 1. The Morgan fingerprint density at radius 3 is 2.65 bits per heavy atom. The number of benzene rings is 2. The number of rotatable bonds is 6. The number of carbonyl (C=O) groups excluding carboxylic acids is 2. The molecule has 23 heavy (non-hydrogen) atoms. The van der Waals surface area contributed by atoms with E-state index >= 15 is 0 Å². The summed E-state index contributed by atoms with van der Waals surface area (Å²) in [5, 5.41) is 9.52. The van der Waals surface area contributed by atoms with Crippen LogP contribution in [0.4, 0.5) is 0 Å². The molecular weight excluding hydrogens is 292 g/mol. The largest absolute Gasteiger partial charge is 0.504 e. The van der Waals surface area contributed by atoms with Crippen molar-refractivity contribution in [2.75, 3.05) is 7.11 Å². The van der Waals surface area contributed by atoms with Gasteiger partial charge in [0.1, 0.15) is 0 Å². The first-order valence-corrected chi connectivity index (χ1v) is 7.17. The van der Waals surface area contributed by atoms with Crippen molar-refractivity contribution in [1.82, 2.24) is 0 Å². The standard InChI is InChI=1S/C19H18O4/c1-13-4-3-5-15(10-13)18(22)12-16(20)8-6-14-7-9-17(21)19(11-14)23-2/h3-11,21H,12H2,1-2H3/b8-6+. The molecule has 0 aromatic heterocycles. The van der Waals surface area contributed by atoms with E-state index in [1.807, 2.05) is 13.0 Å². The summed E-state index contributed by atoms with van der Waals surface area (Å²) in [6.45, 7) is 1.90. The lowest BCUT2D eigenvalue weighted by Crippen LogP contribution is -2.06. The predicted molar refractivity (Wildman–Crippen MR) is 88.8 cm³/mol. The molecule has 0 bridgehead atoms. The van der Waals surface area contributed by atoms with Crippen molar-refractivity contribution in [3.05, 3.63) is 65.2 Å². The molecule has 0 aliphatic carbocycles. The van der Waals surface area contributed by atoms with Gasteiger partial charge in [-0.3, -0.25) is 9.59 Å². The number of aromatic hydroxyl groups is 1. The Morgan fingerprint density at radius 2 is 1.96 bits per heavy atom. The van der Waals surface area contributed by atoms with Gasteiger partial charge in [0.15, 0.2) is 23.1 Å². The Hall–Kier alpha value is -2.88. The van der Waals surface area contributed by atoms with Crippen LogP contribution < -0.4 is 4.74 Å². The van der Waals surface area contributed by atoms with Crippen molar-refractivity contribution >= 4 is 17.6 Å². The molecule has 0 atom stereocenters. The third-order valence-electron chi connectivity index (χ3n) is 3.34. The first-order chi connectivity index (χ1) is 11.0. The van der Waals surface area contributed by atoms with E-state index in [1.54, 1.807) is 36.4 Å². The van der Waals surface area contributed by atoms with Gasteiger partial charge in [0.2, 0.25) is 0 Å². The average Bonchev–Trinajstić information content (AvgIpc) is 2.54. The zero-order valence-electron chi connectivity index (χ0n) is 13.1. The minimum absolute atomic E-state index is 0.0330. The fourth-order valence-corrected chi connectivity index (χ4v) is 2.12. The van der Waals surface area contributed by atoms with Gasteiger partial charge in [-0.1, -0.05) is 35.9 Å². The summed E-state index contributed by atoms with van der Waals surface area (Å²) in [6, 6.07) is 11.9. The number of phenolic OH excluding ortho intramolecular Hbond substituents is 1. The molecule has 0 spiro atoms. The van der Waals surface area contributed by atoms with E-state index < -0.39 is 0 Å². The number of ketones is 2. The second-order valence-electron chi connectivity index (χ2n) is 5.20. The van der Waals surface area contributed by atoms with Crippen molar-refractivity contribution in [3.8, 4) is 11.5 Å². The molecule has 118 valence electrons. The summed E-state index contributed by atoms with van der Waals surface area (Å²) in [5.41, 5.74) is 2.23.